The summed E-state index contributed by atoms with van der Waals surface area (Å²) >= 11 is 0. The first-order valence-corrected chi connectivity index (χ1v) is 7.55. The Morgan fingerprint density at radius 2 is 1.83 bits per heavy atom. The number of hydrogen-bond acceptors (Lipinski definition) is 5. The first-order valence-electron chi connectivity index (χ1n) is 7.55. The van der Waals surface area contributed by atoms with Gasteiger partial charge in [-0.15, -0.1) is 0 Å². The molecule has 1 aromatic carbocycles. The molecule has 122 valence electrons. The summed E-state index contributed by atoms with van der Waals surface area (Å²) in [5.74, 6) is 0.218. The number of anilines is 2. The van der Waals surface area contributed by atoms with E-state index in [0.717, 1.165) is 11.3 Å². The summed E-state index contributed by atoms with van der Waals surface area (Å²) < 4.78 is 1.70. The van der Waals surface area contributed by atoms with Gasteiger partial charge in [0.05, 0.1) is 17.8 Å². The van der Waals surface area contributed by atoms with E-state index in [1.807, 2.05) is 50.5 Å². The quantitative estimate of drug-likeness (QED) is 0.753. The Morgan fingerprint density at radius 1 is 1.12 bits per heavy atom. The number of amides is 1. The van der Waals surface area contributed by atoms with Crippen LogP contribution in [0.5, 0.6) is 0 Å². The summed E-state index contributed by atoms with van der Waals surface area (Å²) in [5.41, 5.74) is 2.23. The van der Waals surface area contributed by atoms with Crippen LogP contribution in [0, 0.1) is 0 Å². The Labute approximate surface area is 139 Å². The Kier molecular flexibility index (Phi) is 4.51. The van der Waals surface area contributed by atoms with E-state index in [4.69, 9.17) is 0 Å². The standard InChI is InChI=1S/C17H18N6O/c1-12(14-10-20-23(2)11-14)21-16(24)13-8-18-17(19-9-13)22-15-6-4-3-5-7-15/h3-12H,1-2H3,(H,21,24)(H,18,19,22)/t12-/m0/s1. The third-order valence-corrected chi connectivity index (χ3v) is 3.52. The topological polar surface area (TPSA) is 84.7 Å². The van der Waals surface area contributed by atoms with Crippen molar-refractivity contribution in [1.82, 2.24) is 25.1 Å². The Balaban J connectivity index is 1.63. The van der Waals surface area contributed by atoms with Gasteiger partial charge in [-0.3, -0.25) is 9.48 Å². The molecule has 7 heteroatoms. The van der Waals surface area contributed by atoms with Crippen molar-refractivity contribution >= 4 is 17.5 Å². The lowest BCUT2D eigenvalue weighted by atomic mass is 10.2. The van der Waals surface area contributed by atoms with Gasteiger partial charge < -0.3 is 10.6 Å². The minimum atomic E-state index is -0.224. The minimum Gasteiger partial charge on any atom is -0.345 e. The van der Waals surface area contributed by atoms with Crippen molar-refractivity contribution in [3.63, 3.8) is 0 Å². The van der Waals surface area contributed by atoms with Gasteiger partial charge >= 0.3 is 0 Å². The number of benzene rings is 1. The summed E-state index contributed by atoms with van der Waals surface area (Å²) in [6, 6.07) is 9.46. The Hall–Kier alpha value is -3.22. The highest BCUT2D eigenvalue weighted by Crippen LogP contribution is 2.13. The zero-order valence-corrected chi connectivity index (χ0v) is 13.5. The number of aromatic nitrogens is 4. The van der Waals surface area contributed by atoms with Crippen LogP contribution in [0.3, 0.4) is 0 Å². The molecule has 7 nitrogen and oxygen atoms in total. The van der Waals surface area contributed by atoms with Gasteiger partial charge in [0, 0.05) is 36.9 Å². The summed E-state index contributed by atoms with van der Waals surface area (Å²) in [4.78, 5) is 20.6. The maximum Gasteiger partial charge on any atom is 0.254 e. The van der Waals surface area contributed by atoms with Crippen LogP contribution in [0.4, 0.5) is 11.6 Å². The average molecular weight is 322 g/mol. The molecule has 0 fully saturated rings. The first-order chi connectivity index (χ1) is 11.6. The van der Waals surface area contributed by atoms with Crippen molar-refractivity contribution in [1.29, 1.82) is 0 Å². The second-order valence-corrected chi connectivity index (χ2v) is 5.43. The summed E-state index contributed by atoms with van der Waals surface area (Å²) in [6.07, 6.45) is 6.61. The van der Waals surface area contributed by atoms with Gasteiger partial charge in [-0.2, -0.15) is 5.10 Å². The molecule has 0 unspecified atom stereocenters. The molecule has 2 heterocycles. The lowest BCUT2D eigenvalue weighted by molar-refractivity contribution is 0.0939. The fourth-order valence-electron chi connectivity index (χ4n) is 2.19. The molecular formula is C17H18N6O. The minimum absolute atomic E-state index is 0.145. The predicted octanol–water partition coefficient (Wildman–Crippen LogP) is 2.44. The third-order valence-electron chi connectivity index (χ3n) is 3.52. The van der Waals surface area contributed by atoms with Crippen molar-refractivity contribution in [3.8, 4) is 0 Å². The van der Waals surface area contributed by atoms with E-state index in [9.17, 15) is 4.79 Å². The third kappa shape index (κ3) is 3.75. The Morgan fingerprint density at radius 3 is 2.46 bits per heavy atom. The molecular weight excluding hydrogens is 304 g/mol. The number of aryl methyl sites for hydroxylation is 1. The number of carbonyl (C=O) groups is 1. The molecule has 2 aromatic heterocycles. The smallest absolute Gasteiger partial charge is 0.254 e. The van der Waals surface area contributed by atoms with Gasteiger partial charge in [-0.1, -0.05) is 18.2 Å². The zero-order chi connectivity index (χ0) is 16.9. The van der Waals surface area contributed by atoms with Gasteiger partial charge in [0.15, 0.2) is 0 Å². The molecule has 3 aromatic rings. The largest absolute Gasteiger partial charge is 0.345 e. The van der Waals surface area contributed by atoms with Crippen molar-refractivity contribution in [2.24, 2.45) is 7.05 Å². The second kappa shape index (κ2) is 6.91. The predicted molar refractivity (Wildman–Crippen MR) is 90.8 cm³/mol. The zero-order valence-electron chi connectivity index (χ0n) is 13.5. The molecule has 2 N–H and O–H groups in total. The lowest BCUT2D eigenvalue weighted by Crippen LogP contribution is -2.26. The van der Waals surface area contributed by atoms with Crippen LogP contribution in [-0.2, 0) is 7.05 Å². The van der Waals surface area contributed by atoms with Gasteiger partial charge in [-0.25, -0.2) is 9.97 Å². The van der Waals surface area contributed by atoms with Crippen LogP contribution in [0.25, 0.3) is 0 Å². The summed E-state index contributed by atoms with van der Waals surface area (Å²) in [5, 5.41) is 10.1. The molecule has 0 radical (unpaired) electrons. The van der Waals surface area contributed by atoms with Crippen LogP contribution in [-0.4, -0.2) is 25.7 Å². The van der Waals surface area contributed by atoms with Crippen LogP contribution in [0.2, 0.25) is 0 Å². The van der Waals surface area contributed by atoms with Crippen molar-refractivity contribution in [2.75, 3.05) is 5.32 Å². The van der Waals surface area contributed by atoms with Gasteiger partial charge in [0.2, 0.25) is 5.95 Å². The van der Waals surface area contributed by atoms with E-state index in [1.165, 1.54) is 12.4 Å². The SMILES string of the molecule is C[C@H](NC(=O)c1cnc(Nc2ccccc2)nc1)c1cnn(C)c1. The highest BCUT2D eigenvalue weighted by atomic mass is 16.1. The molecule has 0 saturated heterocycles. The van der Waals surface area contributed by atoms with Gasteiger partial charge in [0.1, 0.15) is 0 Å². The van der Waals surface area contributed by atoms with Crippen LogP contribution in [0.15, 0.2) is 55.1 Å². The summed E-state index contributed by atoms with van der Waals surface area (Å²) in [6.45, 7) is 1.90. The van der Waals surface area contributed by atoms with Crippen molar-refractivity contribution in [2.45, 2.75) is 13.0 Å². The molecule has 0 bridgehead atoms. The van der Waals surface area contributed by atoms with E-state index in [2.05, 4.69) is 25.7 Å². The molecule has 1 atom stereocenters. The van der Waals surface area contributed by atoms with E-state index >= 15 is 0 Å². The monoisotopic (exact) mass is 322 g/mol. The lowest BCUT2D eigenvalue weighted by Gasteiger charge is -2.12. The number of para-hydroxylation sites is 1. The average Bonchev–Trinajstić information content (AvgIpc) is 3.03. The molecule has 0 aliphatic heterocycles. The van der Waals surface area contributed by atoms with Crippen molar-refractivity contribution < 1.29 is 4.79 Å². The molecule has 1 amide bonds. The number of rotatable bonds is 5. The highest BCUT2D eigenvalue weighted by molar-refractivity contribution is 5.93. The number of nitrogens with zero attached hydrogens (tertiary/aromatic N) is 4. The van der Waals surface area contributed by atoms with E-state index in [1.54, 1.807) is 10.9 Å². The fraction of sp³-hybridized carbons (Fsp3) is 0.176. The fourth-order valence-corrected chi connectivity index (χ4v) is 2.19. The molecule has 24 heavy (non-hydrogen) atoms. The molecule has 0 spiro atoms. The number of carbonyl (C=O) groups excluding carboxylic acids is 1. The Bertz CT molecular complexity index is 813. The van der Waals surface area contributed by atoms with E-state index in [0.29, 0.717) is 11.5 Å². The summed E-state index contributed by atoms with van der Waals surface area (Å²) in [7, 11) is 1.84. The maximum absolute atomic E-state index is 12.3. The first kappa shape index (κ1) is 15.7. The van der Waals surface area contributed by atoms with Gasteiger partial charge in [-0.05, 0) is 19.1 Å². The maximum atomic E-state index is 12.3. The second-order valence-electron chi connectivity index (χ2n) is 5.43. The van der Waals surface area contributed by atoms with Crippen molar-refractivity contribution in [3.05, 3.63) is 66.2 Å². The molecule has 3 rings (SSSR count). The van der Waals surface area contributed by atoms with Crippen LogP contribution < -0.4 is 10.6 Å². The highest BCUT2D eigenvalue weighted by Gasteiger charge is 2.13. The normalized spacial score (nSPS) is 11.8. The number of nitrogens with one attached hydrogen (secondary N) is 2. The molecule has 0 aliphatic rings. The number of hydrogen-bond donors (Lipinski definition) is 2. The van der Waals surface area contributed by atoms with Crippen LogP contribution >= 0.6 is 0 Å². The molecule has 0 aliphatic carbocycles. The van der Waals surface area contributed by atoms with Crippen LogP contribution in [0.1, 0.15) is 28.9 Å². The van der Waals surface area contributed by atoms with E-state index in [-0.39, 0.29) is 11.9 Å². The molecule has 0 saturated carbocycles. The van der Waals surface area contributed by atoms with Gasteiger partial charge in [0.25, 0.3) is 5.91 Å². The van der Waals surface area contributed by atoms with E-state index < -0.39 is 0 Å².